The number of carbonyl (C=O) groups is 4. The van der Waals surface area contributed by atoms with E-state index < -0.39 is 17.1 Å². The van der Waals surface area contributed by atoms with E-state index >= 15 is 0 Å². The smallest absolute Gasteiger partial charge is 0.262 e. The summed E-state index contributed by atoms with van der Waals surface area (Å²) in [7, 11) is 0. The van der Waals surface area contributed by atoms with Gasteiger partial charge >= 0.3 is 0 Å². The van der Waals surface area contributed by atoms with Crippen LogP contribution in [0.4, 0.5) is 0 Å². The lowest BCUT2D eigenvalue weighted by Crippen LogP contribution is -2.43. The Morgan fingerprint density at radius 3 is 2.02 bits per heavy atom. The van der Waals surface area contributed by atoms with Gasteiger partial charge in [-0.1, -0.05) is 92.2 Å². The largest absolute Gasteiger partial charge is 0.369 e. The summed E-state index contributed by atoms with van der Waals surface area (Å²) < 4.78 is 1.53. The van der Waals surface area contributed by atoms with Gasteiger partial charge in [0.25, 0.3) is 11.5 Å². The zero-order chi connectivity index (χ0) is 34.8. The normalized spacial score (nSPS) is 13.4. The van der Waals surface area contributed by atoms with Crippen LogP contribution in [0, 0.1) is 5.92 Å². The lowest BCUT2D eigenvalue weighted by atomic mass is 9.96. The SMILES string of the molecule is CCCCCn1c(SC(C(=O)NCc2ccccc2)C(=O)NCc2ccccc2)nc2cc(C(=O)N3CCC(C(N)=O)CC3)ccc2c1=O. The molecule has 4 amide bonds. The first-order chi connectivity index (χ1) is 23.7. The lowest BCUT2D eigenvalue weighted by Gasteiger charge is -2.30. The molecular weight excluding hydrogens is 641 g/mol. The first kappa shape index (κ1) is 35.3. The number of aromatic nitrogens is 2. The number of nitrogens with zero attached hydrogens (tertiary/aromatic N) is 3. The third-order valence-electron chi connectivity index (χ3n) is 8.66. The predicted molar refractivity (Wildman–Crippen MR) is 190 cm³/mol. The van der Waals surface area contributed by atoms with Crippen LogP contribution in [0.5, 0.6) is 0 Å². The van der Waals surface area contributed by atoms with E-state index in [-0.39, 0.29) is 41.5 Å². The number of likely N-dealkylation sites (tertiary alicyclic amines) is 1. The quantitative estimate of drug-likeness (QED) is 0.0785. The highest BCUT2D eigenvalue weighted by molar-refractivity contribution is 8.01. The minimum atomic E-state index is -1.26. The Kier molecular flexibility index (Phi) is 12.2. The van der Waals surface area contributed by atoms with Crippen molar-refractivity contribution in [1.29, 1.82) is 0 Å². The fourth-order valence-corrected chi connectivity index (χ4v) is 6.82. The van der Waals surface area contributed by atoms with Crippen molar-refractivity contribution in [2.75, 3.05) is 13.1 Å². The number of amides is 4. The molecule has 0 atom stereocenters. The molecule has 0 unspecified atom stereocenters. The van der Waals surface area contributed by atoms with E-state index in [0.29, 0.717) is 55.4 Å². The van der Waals surface area contributed by atoms with Gasteiger partial charge < -0.3 is 21.3 Å². The van der Waals surface area contributed by atoms with Crippen LogP contribution in [-0.4, -0.2) is 56.4 Å². The first-order valence-electron chi connectivity index (χ1n) is 16.7. The number of benzene rings is 3. The Bertz CT molecular complexity index is 1790. The number of unbranched alkanes of at least 4 members (excludes halogenated alkanes) is 2. The topological polar surface area (TPSA) is 156 Å². The van der Waals surface area contributed by atoms with Crippen LogP contribution >= 0.6 is 11.8 Å². The minimum absolute atomic E-state index is 0.218. The molecule has 3 aromatic carbocycles. The lowest BCUT2D eigenvalue weighted by molar-refractivity contribution is -0.128. The monoisotopic (exact) mass is 682 g/mol. The predicted octanol–water partition coefficient (Wildman–Crippen LogP) is 4.02. The summed E-state index contributed by atoms with van der Waals surface area (Å²) in [5.41, 5.74) is 7.56. The van der Waals surface area contributed by atoms with Crippen molar-refractivity contribution in [1.82, 2.24) is 25.1 Å². The van der Waals surface area contributed by atoms with Crippen molar-refractivity contribution >= 4 is 46.3 Å². The molecule has 49 heavy (non-hydrogen) atoms. The summed E-state index contributed by atoms with van der Waals surface area (Å²) in [5.74, 6) is -1.88. The van der Waals surface area contributed by atoms with Gasteiger partial charge in [0.2, 0.25) is 17.7 Å². The summed E-state index contributed by atoms with van der Waals surface area (Å²) in [6.07, 6.45) is 3.52. The third kappa shape index (κ3) is 9.14. The highest BCUT2D eigenvalue weighted by atomic mass is 32.2. The Labute approximate surface area is 289 Å². The van der Waals surface area contributed by atoms with E-state index in [1.807, 2.05) is 60.7 Å². The van der Waals surface area contributed by atoms with Gasteiger partial charge in [-0.05, 0) is 48.6 Å². The molecule has 2 heterocycles. The highest BCUT2D eigenvalue weighted by Crippen LogP contribution is 2.26. The van der Waals surface area contributed by atoms with Gasteiger partial charge in [0, 0.05) is 44.2 Å². The summed E-state index contributed by atoms with van der Waals surface area (Å²) in [6.45, 7) is 3.66. The number of thioether (sulfide) groups is 1. The molecule has 11 nitrogen and oxygen atoms in total. The molecule has 5 rings (SSSR count). The minimum Gasteiger partial charge on any atom is -0.369 e. The van der Waals surface area contributed by atoms with E-state index in [9.17, 15) is 24.0 Å². The van der Waals surface area contributed by atoms with Crippen LogP contribution in [-0.2, 0) is 34.0 Å². The second-order valence-electron chi connectivity index (χ2n) is 12.2. The zero-order valence-electron chi connectivity index (χ0n) is 27.6. The van der Waals surface area contributed by atoms with Crippen LogP contribution in [0.15, 0.2) is 88.8 Å². The van der Waals surface area contributed by atoms with Crippen LogP contribution in [0.25, 0.3) is 10.9 Å². The fourth-order valence-electron chi connectivity index (χ4n) is 5.78. The standard InChI is InChI=1S/C37H42N6O5S/c1-2-3-10-19-43-36(48)29-16-15-28(35(47)42-20-17-27(18-21-42)32(38)44)22-30(29)41-37(43)49-31(33(45)39-23-25-11-6-4-7-12-25)34(46)40-24-26-13-8-5-9-14-26/h4-9,11-16,22,27,31H,2-3,10,17-21,23-24H2,1H3,(H2,38,44)(H,39,45)(H,40,46). The molecular formula is C37H42N6O5S. The summed E-state index contributed by atoms with van der Waals surface area (Å²) in [4.78, 5) is 72.9. The van der Waals surface area contributed by atoms with Gasteiger partial charge in [0.15, 0.2) is 10.4 Å². The molecule has 0 aliphatic carbocycles. The Hall–Kier alpha value is -4.97. The maximum atomic E-state index is 13.9. The summed E-state index contributed by atoms with van der Waals surface area (Å²) in [5, 5.41) is 5.05. The van der Waals surface area contributed by atoms with E-state index in [2.05, 4.69) is 17.6 Å². The van der Waals surface area contributed by atoms with Crippen LogP contribution in [0.3, 0.4) is 0 Å². The summed E-state index contributed by atoms with van der Waals surface area (Å²) >= 11 is 0.923. The molecule has 12 heteroatoms. The molecule has 4 aromatic rings. The van der Waals surface area contributed by atoms with Crippen molar-refractivity contribution in [3.8, 4) is 0 Å². The number of fused-ring (bicyclic) bond motifs is 1. The molecule has 0 radical (unpaired) electrons. The second-order valence-corrected chi connectivity index (χ2v) is 13.2. The van der Waals surface area contributed by atoms with Gasteiger partial charge in [-0.15, -0.1) is 0 Å². The van der Waals surface area contributed by atoms with Gasteiger partial charge in [0.05, 0.1) is 10.9 Å². The molecule has 1 aromatic heterocycles. The van der Waals surface area contributed by atoms with Crippen molar-refractivity contribution in [2.45, 2.75) is 69.1 Å². The molecule has 4 N–H and O–H groups in total. The van der Waals surface area contributed by atoms with E-state index in [0.717, 1.165) is 35.7 Å². The number of rotatable bonds is 14. The first-order valence-corrected chi connectivity index (χ1v) is 17.6. The van der Waals surface area contributed by atoms with Crippen molar-refractivity contribution < 1.29 is 19.2 Å². The van der Waals surface area contributed by atoms with Crippen molar-refractivity contribution in [3.63, 3.8) is 0 Å². The van der Waals surface area contributed by atoms with E-state index in [1.54, 1.807) is 23.1 Å². The number of hydrogen-bond acceptors (Lipinski definition) is 7. The second kappa shape index (κ2) is 16.9. The maximum Gasteiger partial charge on any atom is 0.262 e. The number of nitrogens with two attached hydrogens (primary N) is 1. The fraction of sp³-hybridized carbons (Fsp3) is 0.351. The Morgan fingerprint density at radius 1 is 0.878 bits per heavy atom. The number of nitrogens with one attached hydrogen (secondary N) is 2. The molecule has 0 bridgehead atoms. The molecule has 0 saturated carbocycles. The molecule has 1 saturated heterocycles. The Morgan fingerprint density at radius 2 is 1.47 bits per heavy atom. The maximum absolute atomic E-state index is 13.9. The number of piperidine rings is 1. The van der Waals surface area contributed by atoms with Gasteiger partial charge in [0.1, 0.15) is 0 Å². The van der Waals surface area contributed by atoms with E-state index in [1.165, 1.54) is 4.57 Å². The third-order valence-corrected chi connectivity index (χ3v) is 9.84. The summed E-state index contributed by atoms with van der Waals surface area (Å²) in [6, 6.07) is 23.6. The van der Waals surface area contributed by atoms with Crippen LogP contribution < -0.4 is 21.9 Å². The average molecular weight is 683 g/mol. The molecule has 1 fully saturated rings. The molecule has 1 aliphatic rings. The van der Waals surface area contributed by atoms with Gasteiger partial charge in [-0.25, -0.2) is 4.98 Å². The molecule has 1 aliphatic heterocycles. The van der Waals surface area contributed by atoms with Gasteiger partial charge in [-0.3, -0.25) is 28.5 Å². The van der Waals surface area contributed by atoms with E-state index in [4.69, 9.17) is 10.7 Å². The molecule has 256 valence electrons. The molecule has 0 spiro atoms. The Balaban J connectivity index is 1.46. The number of carbonyl (C=O) groups excluding carboxylic acids is 4. The highest BCUT2D eigenvalue weighted by Gasteiger charge is 2.31. The van der Waals surface area contributed by atoms with Crippen molar-refractivity contribution in [3.05, 3.63) is 106 Å². The number of primary amides is 1. The zero-order valence-corrected chi connectivity index (χ0v) is 28.4. The van der Waals surface area contributed by atoms with Crippen LogP contribution in [0.1, 0.15) is 60.5 Å². The van der Waals surface area contributed by atoms with Crippen molar-refractivity contribution in [2.24, 2.45) is 11.7 Å². The van der Waals surface area contributed by atoms with Gasteiger partial charge in [-0.2, -0.15) is 0 Å². The van der Waals surface area contributed by atoms with Crippen LogP contribution in [0.2, 0.25) is 0 Å². The average Bonchev–Trinajstić information content (AvgIpc) is 3.13. The number of hydrogen-bond donors (Lipinski definition) is 3.